The van der Waals surface area contributed by atoms with Crippen LogP contribution in [0.3, 0.4) is 0 Å². The lowest BCUT2D eigenvalue weighted by Gasteiger charge is -2.47. The van der Waals surface area contributed by atoms with Crippen LogP contribution in [-0.4, -0.2) is 12.1 Å². The smallest absolute Gasteiger partial charge is 0.0406 e. The van der Waals surface area contributed by atoms with Crippen LogP contribution in [0, 0.1) is 0 Å². The molecule has 0 spiro atoms. The molecule has 1 aliphatic heterocycles. The Bertz CT molecular complexity index is 600. The molecule has 0 bridgehead atoms. The predicted molar refractivity (Wildman–Crippen MR) is 91.0 cm³/mol. The molecule has 0 fully saturated rings. The fourth-order valence-corrected chi connectivity index (χ4v) is 3.75. The van der Waals surface area contributed by atoms with Crippen LogP contribution in [0.1, 0.15) is 44.2 Å². The monoisotopic (exact) mass is 279 g/mol. The van der Waals surface area contributed by atoms with Gasteiger partial charge in [-0.15, -0.1) is 0 Å². The van der Waals surface area contributed by atoms with Crippen LogP contribution in [0.25, 0.3) is 0 Å². The highest BCUT2D eigenvalue weighted by Gasteiger charge is 2.35. The van der Waals surface area contributed by atoms with E-state index in [4.69, 9.17) is 0 Å². The molecule has 1 unspecified atom stereocenters. The first-order chi connectivity index (χ1) is 10.1. The van der Waals surface area contributed by atoms with E-state index in [0.717, 1.165) is 13.0 Å². The molecule has 21 heavy (non-hydrogen) atoms. The number of rotatable bonds is 3. The number of benzene rings is 2. The van der Waals surface area contributed by atoms with Gasteiger partial charge in [0.2, 0.25) is 0 Å². The van der Waals surface area contributed by atoms with Gasteiger partial charge in [0, 0.05) is 17.8 Å². The molecule has 0 saturated heterocycles. The van der Waals surface area contributed by atoms with E-state index in [1.165, 1.54) is 23.2 Å². The predicted octanol–water partition coefficient (Wildman–Crippen LogP) is 5.02. The molecule has 1 heteroatoms. The topological polar surface area (TPSA) is 3.24 Å². The molecule has 0 aliphatic carbocycles. The van der Waals surface area contributed by atoms with E-state index in [0.29, 0.717) is 5.92 Å². The average molecular weight is 279 g/mol. The van der Waals surface area contributed by atoms with Gasteiger partial charge in [-0.3, -0.25) is 0 Å². The zero-order chi connectivity index (χ0) is 14.9. The zero-order valence-electron chi connectivity index (χ0n) is 13.3. The van der Waals surface area contributed by atoms with Gasteiger partial charge in [0.15, 0.2) is 0 Å². The molecule has 1 heterocycles. The fraction of sp³-hybridized carbons (Fsp3) is 0.400. The van der Waals surface area contributed by atoms with Crippen molar-refractivity contribution in [1.82, 2.24) is 0 Å². The molecule has 1 nitrogen and oxygen atoms in total. The Labute approximate surface area is 128 Å². The second-order valence-electron chi connectivity index (χ2n) is 6.86. The minimum atomic E-state index is 0.225. The van der Waals surface area contributed by atoms with Crippen molar-refractivity contribution in [3.8, 4) is 0 Å². The number of hydrogen-bond donors (Lipinski definition) is 0. The molecule has 0 aromatic heterocycles. The number of fused-ring (bicyclic) bond motifs is 1. The third-order valence-electron chi connectivity index (χ3n) is 4.76. The number of nitrogens with zero attached hydrogens (tertiary/aromatic N) is 1. The van der Waals surface area contributed by atoms with Gasteiger partial charge in [-0.25, -0.2) is 0 Å². The lowest BCUT2D eigenvalue weighted by Crippen LogP contribution is -2.49. The molecule has 0 amide bonds. The molecule has 3 rings (SSSR count). The van der Waals surface area contributed by atoms with E-state index < -0.39 is 0 Å². The second kappa shape index (κ2) is 5.55. The van der Waals surface area contributed by atoms with Crippen LogP contribution in [0.4, 0.5) is 5.69 Å². The Morgan fingerprint density at radius 1 is 1.00 bits per heavy atom. The second-order valence-corrected chi connectivity index (χ2v) is 6.86. The van der Waals surface area contributed by atoms with Crippen molar-refractivity contribution in [3.63, 3.8) is 0 Å². The highest BCUT2D eigenvalue weighted by Crippen LogP contribution is 2.42. The fourth-order valence-electron chi connectivity index (χ4n) is 3.75. The number of anilines is 1. The molecule has 1 aliphatic rings. The summed E-state index contributed by atoms with van der Waals surface area (Å²) in [4.78, 5) is 2.61. The van der Waals surface area contributed by atoms with Crippen LogP contribution in [0.5, 0.6) is 0 Å². The van der Waals surface area contributed by atoms with Crippen molar-refractivity contribution < 1.29 is 0 Å². The van der Waals surface area contributed by atoms with Gasteiger partial charge in [0.1, 0.15) is 0 Å². The zero-order valence-corrected chi connectivity index (χ0v) is 13.3. The maximum absolute atomic E-state index is 2.61. The van der Waals surface area contributed by atoms with Crippen molar-refractivity contribution in [2.75, 3.05) is 11.4 Å². The van der Waals surface area contributed by atoms with Crippen molar-refractivity contribution in [2.45, 2.75) is 45.1 Å². The summed E-state index contributed by atoms with van der Waals surface area (Å²) in [5, 5.41) is 0. The molecule has 2 aromatic carbocycles. The van der Waals surface area contributed by atoms with Crippen LogP contribution in [0.15, 0.2) is 54.6 Å². The first-order valence-electron chi connectivity index (χ1n) is 7.98. The highest BCUT2D eigenvalue weighted by molar-refractivity contribution is 5.59. The molecule has 2 aromatic rings. The van der Waals surface area contributed by atoms with Gasteiger partial charge in [-0.05, 0) is 49.8 Å². The summed E-state index contributed by atoms with van der Waals surface area (Å²) in [6.45, 7) is 8.20. The molecular weight excluding hydrogens is 254 g/mol. The summed E-state index contributed by atoms with van der Waals surface area (Å²) in [7, 11) is 0. The third-order valence-corrected chi connectivity index (χ3v) is 4.76. The maximum Gasteiger partial charge on any atom is 0.0406 e. The standard InChI is InChI=1S/C20H25N/c1-16-15-20(2,3)21(19-12-8-7-11-18(16)19)14-13-17-9-5-4-6-10-17/h4-12,16H,13-15H2,1-3H3. The average Bonchev–Trinajstić information content (AvgIpc) is 2.47. The normalized spacial score (nSPS) is 20.1. The van der Waals surface area contributed by atoms with Gasteiger partial charge >= 0.3 is 0 Å². The van der Waals surface area contributed by atoms with Crippen LogP contribution in [-0.2, 0) is 6.42 Å². The maximum atomic E-state index is 2.61. The van der Waals surface area contributed by atoms with Gasteiger partial charge in [0.05, 0.1) is 0 Å². The summed E-state index contributed by atoms with van der Waals surface area (Å²) < 4.78 is 0. The Balaban J connectivity index is 1.87. The quantitative estimate of drug-likeness (QED) is 0.762. The van der Waals surface area contributed by atoms with Crippen LogP contribution in [0.2, 0.25) is 0 Å². The van der Waals surface area contributed by atoms with Crippen molar-refractivity contribution >= 4 is 5.69 Å². The Morgan fingerprint density at radius 3 is 2.43 bits per heavy atom. The minimum Gasteiger partial charge on any atom is -0.366 e. The Kier molecular flexibility index (Phi) is 3.75. The summed E-state index contributed by atoms with van der Waals surface area (Å²) in [5.41, 5.74) is 4.58. The summed E-state index contributed by atoms with van der Waals surface area (Å²) >= 11 is 0. The third kappa shape index (κ3) is 2.83. The summed E-state index contributed by atoms with van der Waals surface area (Å²) in [6.07, 6.45) is 2.33. The number of hydrogen-bond acceptors (Lipinski definition) is 1. The summed E-state index contributed by atoms with van der Waals surface area (Å²) in [6, 6.07) is 19.7. The SMILES string of the molecule is CC1CC(C)(C)N(CCc2ccccc2)c2ccccc21. The largest absolute Gasteiger partial charge is 0.366 e. The van der Waals surface area contributed by atoms with E-state index >= 15 is 0 Å². The van der Waals surface area contributed by atoms with Crippen LogP contribution >= 0.6 is 0 Å². The van der Waals surface area contributed by atoms with Crippen molar-refractivity contribution in [3.05, 3.63) is 65.7 Å². The van der Waals surface area contributed by atoms with Crippen molar-refractivity contribution in [1.29, 1.82) is 0 Å². The van der Waals surface area contributed by atoms with E-state index in [-0.39, 0.29) is 5.54 Å². The molecule has 110 valence electrons. The lowest BCUT2D eigenvalue weighted by atomic mass is 9.80. The van der Waals surface area contributed by atoms with Gasteiger partial charge in [0.25, 0.3) is 0 Å². The van der Waals surface area contributed by atoms with E-state index in [9.17, 15) is 0 Å². The van der Waals surface area contributed by atoms with Gasteiger partial charge < -0.3 is 4.90 Å². The van der Waals surface area contributed by atoms with E-state index in [2.05, 4.69) is 80.3 Å². The number of para-hydroxylation sites is 1. The summed E-state index contributed by atoms with van der Waals surface area (Å²) in [5.74, 6) is 0.643. The first kappa shape index (κ1) is 14.2. The highest BCUT2D eigenvalue weighted by atomic mass is 15.2. The molecule has 1 atom stereocenters. The Morgan fingerprint density at radius 2 is 1.67 bits per heavy atom. The van der Waals surface area contributed by atoms with Gasteiger partial charge in [-0.1, -0.05) is 55.5 Å². The lowest BCUT2D eigenvalue weighted by molar-refractivity contribution is 0.377. The Hall–Kier alpha value is -1.76. The van der Waals surface area contributed by atoms with Crippen molar-refractivity contribution in [2.24, 2.45) is 0 Å². The van der Waals surface area contributed by atoms with E-state index in [1.54, 1.807) is 0 Å². The molecule has 0 radical (unpaired) electrons. The van der Waals surface area contributed by atoms with E-state index in [1.807, 2.05) is 0 Å². The van der Waals surface area contributed by atoms with Crippen LogP contribution < -0.4 is 4.90 Å². The molecule has 0 N–H and O–H groups in total. The van der Waals surface area contributed by atoms with Gasteiger partial charge in [-0.2, -0.15) is 0 Å². The molecular formula is C20H25N. The first-order valence-corrected chi connectivity index (χ1v) is 7.98. The minimum absolute atomic E-state index is 0.225. The molecule has 0 saturated carbocycles.